The standard InChI is InChI=1S/C12H20N4O2/c1-4-9(7-13)6-10(17)15-12-14-8(2)5-11(16-12)18-3/h5,9H,4,6-7,13H2,1-3H3,(H,14,15,16,17). The number of hydrogen-bond donors (Lipinski definition) is 2. The van der Waals surface area contributed by atoms with Crippen LogP contribution in [0.4, 0.5) is 5.95 Å². The molecular weight excluding hydrogens is 232 g/mol. The van der Waals surface area contributed by atoms with Crippen LogP contribution >= 0.6 is 0 Å². The topological polar surface area (TPSA) is 90.1 Å². The third-order valence-electron chi connectivity index (χ3n) is 2.68. The molecule has 1 heterocycles. The van der Waals surface area contributed by atoms with Gasteiger partial charge in [0.05, 0.1) is 7.11 Å². The number of aromatic nitrogens is 2. The van der Waals surface area contributed by atoms with E-state index in [0.717, 1.165) is 12.1 Å². The summed E-state index contributed by atoms with van der Waals surface area (Å²) in [4.78, 5) is 19.9. The number of methoxy groups -OCH3 is 1. The number of nitrogens with two attached hydrogens (primary N) is 1. The maximum atomic E-state index is 11.8. The second-order valence-electron chi connectivity index (χ2n) is 4.14. The van der Waals surface area contributed by atoms with E-state index < -0.39 is 0 Å². The lowest BCUT2D eigenvalue weighted by Crippen LogP contribution is -2.22. The number of hydrogen-bond acceptors (Lipinski definition) is 5. The first-order chi connectivity index (χ1) is 8.58. The summed E-state index contributed by atoms with van der Waals surface area (Å²) in [6.45, 7) is 4.33. The Hall–Kier alpha value is -1.69. The van der Waals surface area contributed by atoms with Gasteiger partial charge in [-0.25, -0.2) is 4.98 Å². The number of amides is 1. The van der Waals surface area contributed by atoms with E-state index in [2.05, 4.69) is 15.3 Å². The van der Waals surface area contributed by atoms with Gasteiger partial charge in [-0.05, 0) is 19.4 Å². The van der Waals surface area contributed by atoms with E-state index in [0.29, 0.717) is 18.8 Å². The van der Waals surface area contributed by atoms with Crippen molar-refractivity contribution in [2.24, 2.45) is 11.7 Å². The SMILES string of the molecule is CCC(CN)CC(=O)Nc1nc(C)cc(OC)n1. The van der Waals surface area contributed by atoms with Gasteiger partial charge >= 0.3 is 0 Å². The average Bonchev–Trinajstić information content (AvgIpc) is 2.35. The van der Waals surface area contributed by atoms with E-state index in [-0.39, 0.29) is 17.8 Å². The fourth-order valence-corrected chi connectivity index (χ4v) is 1.53. The summed E-state index contributed by atoms with van der Waals surface area (Å²) in [5.74, 6) is 0.768. The van der Waals surface area contributed by atoms with Gasteiger partial charge in [-0.1, -0.05) is 13.3 Å². The maximum Gasteiger partial charge on any atom is 0.232 e. The molecule has 1 unspecified atom stereocenters. The summed E-state index contributed by atoms with van der Waals surface area (Å²) >= 11 is 0. The number of rotatable bonds is 6. The molecule has 0 aliphatic rings. The third-order valence-corrected chi connectivity index (χ3v) is 2.68. The van der Waals surface area contributed by atoms with Crippen LogP contribution in [0.1, 0.15) is 25.5 Å². The van der Waals surface area contributed by atoms with E-state index in [1.807, 2.05) is 13.8 Å². The van der Waals surface area contributed by atoms with Gasteiger partial charge in [0.2, 0.25) is 17.7 Å². The second kappa shape index (κ2) is 6.90. The quantitative estimate of drug-likeness (QED) is 0.791. The van der Waals surface area contributed by atoms with Gasteiger partial charge in [0.15, 0.2) is 0 Å². The zero-order valence-corrected chi connectivity index (χ0v) is 11.1. The van der Waals surface area contributed by atoms with Gasteiger partial charge in [-0.15, -0.1) is 0 Å². The Morgan fingerprint density at radius 1 is 1.56 bits per heavy atom. The van der Waals surface area contributed by atoms with Crippen molar-refractivity contribution >= 4 is 11.9 Å². The van der Waals surface area contributed by atoms with E-state index in [1.54, 1.807) is 6.07 Å². The van der Waals surface area contributed by atoms with Crippen molar-refractivity contribution in [2.75, 3.05) is 19.0 Å². The minimum atomic E-state index is -0.125. The molecule has 0 aliphatic heterocycles. The van der Waals surface area contributed by atoms with Gasteiger partial charge in [0, 0.05) is 18.2 Å². The lowest BCUT2D eigenvalue weighted by Gasteiger charge is -2.11. The van der Waals surface area contributed by atoms with Gasteiger partial charge < -0.3 is 10.5 Å². The summed E-state index contributed by atoms with van der Waals surface area (Å²) in [6.07, 6.45) is 1.26. The Morgan fingerprint density at radius 2 is 2.28 bits per heavy atom. The van der Waals surface area contributed by atoms with Gasteiger partial charge in [-0.2, -0.15) is 4.98 Å². The molecule has 0 aliphatic carbocycles. The number of anilines is 1. The zero-order chi connectivity index (χ0) is 13.5. The first-order valence-electron chi connectivity index (χ1n) is 5.98. The lowest BCUT2D eigenvalue weighted by atomic mass is 10.0. The molecule has 0 saturated carbocycles. The van der Waals surface area contributed by atoms with Crippen molar-refractivity contribution < 1.29 is 9.53 Å². The molecule has 18 heavy (non-hydrogen) atoms. The Labute approximate surface area is 107 Å². The average molecular weight is 252 g/mol. The Morgan fingerprint density at radius 3 is 2.83 bits per heavy atom. The largest absolute Gasteiger partial charge is 0.481 e. The molecule has 0 aromatic carbocycles. The molecule has 0 saturated heterocycles. The minimum absolute atomic E-state index is 0.125. The molecule has 100 valence electrons. The maximum absolute atomic E-state index is 11.8. The number of nitrogens with one attached hydrogen (secondary N) is 1. The normalized spacial score (nSPS) is 12.0. The Kier molecular flexibility index (Phi) is 5.51. The third kappa shape index (κ3) is 4.29. The predicted octanol–water partition coefficient (Wildman–Crippen LogP) is 1.11. The van der Waals surface area contributed by atoms with Crippen LogP contribution in [0.25, 0.3) is 0 Å². The Balaban J connectivity index is 2.66. The molecule has 1 rings (SSSR count). The Bertz CT molecular complexity index is 405. The summed E-state index contributed by atoms with van der Waals surface area (Å²) in [7, 11) is 1.52. The molecule has 6 nitrogen and oxygen atoms in total. The van der Waals surface area contributed by atoms with Crippen LogP contribution in [0, 0.1) is 12.8 Å². The molecule has 1 atom stereocenters. The predicted molar refractivity (Wildman–Crippen MR) is 69.4 cm³/mol. The van der Waals surface area contributed by atoms with Crippen molar-refractivity contribution in [3.05, 3.63) is 11.8 Å². The molecule has 1 amide bonds. The smallest absolute Gasteiger partial charge is 0.232 e. The highest BCUT2D eigenvalue weighted by atomic mass is 16.5. The fourth-order valence-electron chi connectivity index (χ4n) is 1.53. The molecule has 1 aromatic rings. The number of carbonyl (C=O) groups is 1. The van der Waals surface area contributed by atoms with Crippen LogP contribution in [0.5, 0.6) is 5.88 Å². The molecule has 6 heteroatoms. The van der Waals surface area contributed by atoms with Crippen LogP contribution in [-0.2, 0) is 4.79 Å². The summed E-state index contributed by atoms with van der Waals surface area (Å²) in [6, 6.07) is 1.70. The van der Waals surface area contributed by atoms with Crippen molar-refractivity contribution in [1.29, 1.82) is 0 Å². The molecule has 0 radical (unpaired) electrons. The van der Waals surface area contributed by atoms with Crippen LogP contribution in [0.3, 0.4) is 0 Å². The highest BCUT2D eigenvalue weighted by molar-refractivity contribution is 5.89. The van der Waals surface area contributed by atoms with Crippen molar-refractivity contribution in [3.63, 3.8) is 0 Å². The number of aryl methyl sites for hydroxylation is 1. The number of nitrogens with zero attached hydrogens (tertiary/aromatic N) is 2. The van der Waals surface area contributed by atoms with Crippen molar-refractivity contribution in [1.82, 2.24) is 9.97 Å². The second-order valence-corrected chi connectivity index (χ2v) is 4.14. The molecule has 3 N–H and O–H groups in total. The summed E-state index contributed by atoms with van der Waals surface area (Å²) in [5.41, 5.74) is 6.30. The van der Waals surface area contributed by atoms with Crippen LogP contribution < -0.4 is 15.8 Å². The molecule has 0 bridgehead atoms. The van der Waals surface area contributed by atoms with E-state index in [1.165, 1.54) is 7.11 Å². The zero-order valence-electron chi connectivity index (χ0n) is 11.1. The van der Waals surface area contributed by atoms with Gasteiger partial charge in [0.1, 0.15) is 0 Å². The fraction of sp³-hybridized carbons (Fsp3) is 0.583. The molecule has 0 fully saturated rings. The van der Waals surface area contributed by atoms with Crippen molar-refractivity contribution in [3.8, 4) is 5.88 Å². The van der Waals surface area contributed by atoms with Crippen LogP contribution in [-0.4, -0.2) is 29.5 Å². The lowest BCUT2D eigenvalue weighted by molar-refractivity contribution is -0.117. The van der Waals surface area contributed by atoms with Crippen LogP contribution in [0.15, 0.2) is 6.07 Å². The van der Waals surface area contributed by atoms with Crippen LogP contribution in [0.2, 0.25) is 0 Å². The summed E-state index contributed by atoms with van der Waals surface area (Å²) < 4.78 is 5.02. The molecular formula is C12H20N4O2. The first kappa shape index (κ1) is 14.4. The van der Waals surface area contributed by atoms with E-state index in [4.69, 9.17) is 10.5 Å². The molecule has 1 aromatic heterocycles. The first-order valence-corrected chi connectivity index (χ1v) is 5.98. The highest BCUT2D eigenvalue weighted by Gasteiger charge is 2.12. The number of carbonyl (C=O) groups excluding carboxylic acids is 1. The molecule has 0 spiro atoms. The summed E-state index contributed by atoms with van der Waals surface area (Å²) in [5, 5.41) is 2.66. The van der Waals surface area contributed by atoms with E-state index in [9.17, 15) is 4.79 Å². The van der Waals surface area contributed by atoms with Gasteiger partial charge in [0.25, 0.3) is 0 Å². The monoisotopic (exact) mass is 252 g/mol. The van der Waals surface area contributed by atoms with Gasteiger partial charge in [-0.3, -0.25) is 10.1 Å². The van der Waals surface area contributed by atoms with E-state index >= 15 is 0 Å². The minimum Gasteiger partial charge on any atom is -0.481 e. The number of ether oxygens (including phenoxy) is 1. The van der Waals surface area contributed by atoms with Crippen molar-refractivity contribution in [2.45, 2.75) is 26.7 Å². The highest BCUT2D eigenvalue weighted by Crippen LogP contribution is 2.12.